The first-order chi connectivity index (χ1) is 14.9. The lowest BCUT2D eigenvalue weighted by atomic mass is 10.0. The van der Waals surface area contributed by atoms with Crippen LogP contribution in [0, 0.1) is 5.92 Å². The topological polar surface area (TPSA) is 28.0 Å². The molecule has 0 aromatic heterocycles. The van der Waals surface area contributed by atoms with Crippen LogP contribution in [0.4, 0.5) is 26.3 Å². The van der Waals surface area contributed by atoms with Gasteiger partial charge in [0.2, 0.25) is 0 Å². The molecule has 1 aliphatic rings. The summed E-state index contributed by atoms with van der Waals surface area (Å²) in [6.45, 7) is 3.57. The van der Waals surface area contributed by atoms with Crippen LogP contribution in [-0.4, -0.2) is 41.1 Å². The SMILES string of the molecule is CC(C)CC1=NC(C(F)(F)F)(C(F)(F)F)N=C(c2ccccc2)N1CCc1ccccc1. The van der Waals surface area contributed by atoms with E-state index in [2.05, 4.69) is 9.98 Å². The van der Waals surface area contributed by atoms with Gasteiger partial charge in [-0.15, -0.1) is 0 Å². The first-order valence-electron chi connectivity index (χ1n) is 10.1. The van der Waals surface area contributed by atoms with Crippen LogP contribution in [0.25, 0.3) is 0 Å². The zero-order valence-electron chi connectivity index (χ0n) is 17.6. The first-order valence-corrected chi connectivity index (χ1v) is 10.1. The normalized spacial score (nSPS) is 16.7. The lowest BCUT2D eigenvalue weighted by Gasteiger charge is -2.40. The molecule has 1 aliphatic heterocycles. The van der Waals surface area contributed by atoms with Gasteiger partial charge in [0, 0.05) is 18.5 Å². The fraction of sp³-hybridized carbons (Fsp3) is 0.391. The summed E-state index contributed by atoms with van der Waals surface area (Å²) in [5, 5.41) is 0. The molecule has 0 unspecified atom stereocenters. The van der Waals surface area contributed by atoms with Crippen molar-refractivity contribution in [1.82, 2.24) is 4.90 Å². The van der Waals surface area contributed by atoms with E-state index < -0.39 is 18.0 Å². The van der Waals surface area contributed by atoms with E-state index >= 15 is 0 Å². The molecule has 0 saturated heterocycles. The standard InChI is InChI=1S/C23H23F6N3/c1-16(2)15-19-30-21(22(24,25)26,23(27,28)29)31-20(18-11-7-4-8-12-18)32(19)14-13-17-9-5-3-6-10-17/h3-12,16H,13-15H2,1-2H3. The van der Waals surface area contributed by atoms with Gasteiger partial charge in [0.15, 0.2) is 0 Å². The number of halogens is 6. The van der Waals surface area contributed by atoms with Crippen LogP contribution in [0.15, 0.2) is 70.6 Å². The summed E-state index contributed by atoms with van der Waals surface area (Å²) in [7, 11) is 0. The van der Waals surface area contributed by atoms with Crippen molar-refractivity contribution in [1.29, 1.82) is 0 Å². The van der Waals surface area contributed by atoms with Gasteiger partial charge in [0.05, 0.1) is 0 Å². The summed E-state index contributed by atoms with van der Waals surface area (Å²) in [6.07, 6.45) is -11.2. The molecule has 0 bridgehead atoms. The molecule has 172 valence electrons. The Morgan fingerprint density at radius 1 is 0.812 bits per heavy atom. The minimum Gasteiger partial charge on any atom is -0.314 e. The molecule has 0 radical (unpaired) electrons. The maximum absolute atomic E-state index is 13.9. The van der Waals surface area contributed by atoms with Gasteiger partial charge in [-0.1, -0.05) is 74.5 Å². The Kier molecular flexibility index (Phi) is 6.67. The lowest BCUT2D eigenvalue weighted by molar-refractivity contribution is -0.293. The fourth-order valence-corrected chi connectivity index (χ4v) is 3.47. The Bertz CT molecular complexity index is 949. The Morgan fingerprint density at radius 3 is 1.84 bits per heavy atom. The quantitative estimate of drug-likeness (QED) is 0.473. The second kappa shape index (κ2) is 8.96. The third-order valence-corrected chi connectivity index (χ3v) is 5.01. The van der Waals surface area contributed by atoms with Crippen molar-refractivity contribution in [3.63, 3.8) is 0 Å². The van der Waals surface area contributed by atoms with Crippen molar-refractivity contribution in [3.8, 4) is 0 Å². The average molecular weight is 455 g/mol. The van der Waals surface area contributed by atoms with E-state index in [9.17, 15) is 26.3 Å². The second-order valence-corrected chi connectivity index (χ2v) is 7.98. The average Bonchev–Trinajstić information content (AvgIpc) is 2.71. The smallest absolute Gasteiger partial charge is 0.314 e. The van der Waals surface area contributed by atoms with Gasteiger partial charge in [0.25, 0.3) is 0 Å². The van der Waals surface area contributed by atoms with Gasteiger partial charge < -0.3 is 4.90 Å². The van der Waals surface area contributed by atoms with Crippen molar-refractivity contribution >= 4 is 11.7 Å². The molecular formula is C23H23F6N3. The van der Waals surface area contributed by atoms with Gasteiger partial charge >= 0.3 is 18.0 Å². The summed E-state index contributed by atoms with van der Waals surface area (Å²) >= 11 is 0. The van der Waals surface area contributed by atoms with E-state index in [1.165, 1.54) is 17.0 Å². The molecule has 9 heteroatoms. The summed E-state index contributed by atoms with van der Waals surface area (Å²) in [5.74, 6) is -0.886. The Morgan fingerprint density at radius 2 is 1.34 bits per heavy atom. The number of hydrogen-bond acceptors (Lipinski definition) is 3. The highest BCUT2D eigenvalue weighted by atomic mass is 19.4. The van der Waals surface area contributed by atoms with Crippen molar-refractivity contribution in [2.24, 2.45) is 15.9 Å². The zero-order valence-corrected chi connectivity index (χ0v) is 17.6. The molecule has 0 fully saturated rings. The van der Waals surface area contributed by atoms with Crippen molar-refractivity contribution < 1.29 is 26.3 Å². The van der Waals surface area contributed by atoms with Crippen LogP contribution >= 0.6 is 0 Å². The lowest BCUT2D eigenvalue weighted by Crippen LogP contribution is -2.59. The summed E-state index contributed by atoms with van der Waals surface area (Å²) in [4.78, 5) is 7.94. The fourth-order valence-electron chi connectivity index (χ4n) is 3.47. The first kappa shape index (κ1) is 23.8. The zero-order chi connectivity index (χ0) is 23.6. The maximum Gasteiger partial charge on any atom is 0.443 e. The van der Waals surface area contributed by atoms with E-state index in [1.807, 2.05) is 30.3 Å². The molecule has 0 aliphatic carbocycles. The minimum atomic E-state index is -5.75. The van der Waals surface area contributed by atoms with E-state index in [1.54, 1.807) is 32.0 Å². The highest BCUT2D eigenvalue weighted by Crippen LogP contribution is 2.49. The highest BCUT2D eigenvalue weighted by Gasteiger charge is 2.73. The molecule has 0 N–H and O–H groups in total. The summed E-state index contributed by atoms with van der Waals surface area (Å²) in [6, 6.07) is 16.8. The van der Waals surface area contributed by atoms with E-state index in [0.717, 1.165) is 5.56 Å². The van der Waals surface area contributed by atoms with Gasteiger partial charge in [-0.05, 0) is 17.9 Å². The number of amidine groups is 2. The number of alkyl halides is 6. The van der Waals surface area contributed by atoms with Crippen molar-refractivity contribution in [3.05, 3.63) is 71.8 Å². The molecule has 3 rings (SSSR count). The van der Waals surface area contributed by atoms with Crippen LogP contribution in [-0.2, 0) is 6.42 Å². The molecule has 2 aromatic carbocycles. The van der Waals surface area contributed by atoms with E-state index in [0.29, 0.717) is 6.42 Å². The van der Waals surface area contributed by atoms with Crippen LogP contribution < -0.4 is 0 Å². The molecule has 0 amide bonds. The third kappa shape index (κ3) is 4.81. The molecule has 0 atom stereocenters. The Balaban J connectivity index is 2.18. The summed E-state index contributed by atoms with van der Waals surface area (Å²) in [5.41, 5.74) is -3.49. The number of benzene rings is 2. The van der Waals surface area contributed by atoms with E-state index in [4.69, 9.17) is 0 Å². The number of rotatable bonds is 6. The molecule has 0 saturated carbocycles. The number of nitrogens with zero attached hydrogens (tertiary/aromatic N) is 3. The van der Waals surface area contributed by atoms with Crippen molar-refractivity contribution in [2.75, 3.05) is 6.54 Å². The Labute approximate surface area is 182 Å². The van der Waals surface area contributed by atoms with Crippen LogP contribution in [0.1, 0.15) is 31.4 Å². The molecule has 1 heterocycles. The maximum atomic E-state index is 13.9. The summed E-state index contributed by atoms with van der Waals surface area (Å²) < 4.78 is 83.5. The third-order valence-electron chi connectivity index (χ3n) is 5.01. The molecule has 3 nitrogen and oxygen atoms in total. The minimum absolute atomic E-state index is 0.0610. The predicted octanol–water partition coefficient (Wildman–Crippen LogP) is 6.26. The second-order valence-electron chi connectivity index (χ2n) is 7.98. The number of aliphatic imine (C=N–C) groups is 2. The van der Waals surface area contributed by atoms with E-state index in [-0.39, 0.29) is 36.1 Å². The van der Waals surface area contributed by atoms with Gasteiger partial charge in [-0.25, -0.2) is 9.98 Å². The largest absolute Gasteiger partial charge is 0.443 e. The predicted molar refractivity (Wildman–Crippen MR) is 112 cm³/mol. The van der Waals surface area contributed by atoms with Crippen LogP contribution in [0.2, 0.25) is 0 Å². The molecule has 0 spiro atoms. The number of hydrogen-bond donors (Lipinski definition) is 0. The van der Waals surface area contributed by atoms with Crippen LogP contribution in [0.3, 0.4) is 0 Å². The monoisotopic (exact) mass is 455 g/mol. The molecule has 32 heavy (non-hydrogen) atoms. The van der Waals surface area contributed by atoms with Gasteiger partial charge in [-0.2, -0.15) is 26.3 Å². The molecular weight excluding hydrogens is 432 g/mol. The Hall–Kier alpha value is -2.84. The van der Waals surface area contributed by atoms with Crippen molar-refractivity contribution in [2.45, 2.75) is 44.7 Å². The van der Waals surface area contributed by atoms with Gasteiger partial charge in [-0.3, -0.25) is 0 Å². The highest BCUT2D eigenvalue weighted by molar-refractivity contribution is 6.11. The van der Waals surface area contributed by atoms with Gasteiger partial charge in [0.1, 0.15) is 11.7 Å². The molecule has 2 aromatic rings. The van der Waals surface area contributed by atoms with Crippen LogP contribution in [0.5, 0.6) is 0 Å².